The summed E-state index contributed by atoms with van der Waals surface area (Å²) in [7, 11) is 0. The van der Waals surface area contributed by atoms with Crippen molar-refractivity contribution in [1.29, 1.82) is 0 Å². The molecule has 0 spiro atoms. The van der Waals surface area contributed by atoms with E-state index in [0.717, 1.165) is 25.3 Å². The summed E-state index contributed by atoms with van der Waals surface area (Å²) >= 11 is 1.84. The Labute approximate surface area is 131 Å². The molecule has 2 nitrogen and oxygen atoms in total. The molecule has 3 heteroatoms. The highest BCUT2D eigenvalue weighted by molar-refractivity contribution is 7.10. The van der Waals surface area contributed by atoms with Gasteiger partial charge in [0, 0.05) is 29.3 Å². The van der Waals surface area contributed by atoms with Gasteiger partial charge >= 0.3 is 0 Å². The number of benzene rings is 1. The average molecular weight is 301 g/mol. The molecule has 1 unspecified atom stereocenters. The van der Waals surface area contributed by atoms with Crippen molar-refractivity contribution >= 4 is 11.3 Å². The number of hydrogen-bond donors (Lipinski definition) is 1. The molecule has 0 bridgehead atoms. The zero-order valence-corrected chi connectivity index (χ0v) is 13.8. The monoisotopic (exact) mass is 301 g/mol. The third-order valence-corrected chi connectivity index (χ3v) is 5.49. The second-order valence-corrected chi connectivity index (χ2v) is 7.38. The van der Waals surface area contributed by atoms with E-state index in [1.807, 2.05) is 11.3 Å². The number of hydrogen-bond acceptors (Lipinski definition) is 3. The first-order chi connectivity index (χ1) is 10.1. The van der Waals surface area contributed by atoms with Crippen molar-refractivity contribution in [2.45, 2.75) is 38.6 Å². The molecule has 1 N–H and O–H groups in total. The van der Waals surface area contributed by atoms with E-state index in [1.54, 1.807) is 0 Å². The quantitative estimate of drug-likeness (QED) is 0.888. The van der Waals surface area contributed by atoms with Crippen LogP contribution < -0.4 is 10.1 Å². The van der Waals surface area contributed by atoms with Gasteiger partial charge in [-0.25, -0.2) is 0 Å². The van der Waals surface area contributed by atoms with Gasteiger partial charge in [-0.05, 0) is 35.6 Å². The predicted molar refractivity (Wildman–Crippen MR) is 89.4 cm³/mol. The van der Waals surface area contributed by atoms with Gasteiger partial charge < -0.3 is 10.1 Å². The van der Waals surface area contributed by atoms with Gasteiger partial charge in [-0.3, -0.25) is 0 Å². The summed E-state index contributed by atoms with van der Waals surface area (Å²) < 4.78 is 5.58. The van der Waals surface area contributed by atoms with E-state index in [2.05, 4.69) is 61.8 Å². The van der Waals surface area contributed by atoms with Crippen LogP contribution in [0.25, 0.3) is 0 Å². The van der Waals surface area contributed by atoms with Crippen molar-refractivity contribution in [3.8, 4) is 5.75 Å². The number of nitrogens with one attached hydrogen (secondary N) is 1. The number of ether oxygens (including phenoxy) is 1. The van der Waals surface area contributed by atoms with Gasteiger partial charge in [-0.2, -0.15) is 0 Å². The minimum atomic E-state index is 0.169. The highest BCUT2D eigenvalue weighted by Gasteiger charge is 2.22. The van der Waals surface area contributed by atoms with Crippen LogP contribution in [-0.2, 0) is 11.8 Å². The molecule has 1 aliphatic heterocycles. The smallest absolute Gasteiger partial charge is 0.122 e. The summed E-state index contributed by atoms with van der Waals surface area (Å²) in [6.07, 6.45) is 1.04. The van der Waals surface area contributed by atoms with Crippen molar-refractivity contribution < 1.29 is 4.74 Å². The minimum Gasteiger partial charge on any atom is -0.493 e. The Bertz CT molecular complexity index is 604. The Hall–Kier alpha value is -1.32. The molecule has 0 amide bonds. The number of thiophene rings is 1. The zero-order chi connectivity index (χ0) is 14.9. The fraction of sp³-hybridized carbons (Fsp3) is 0.444. The molecule has 112 valence electrons. The fourth-order valence-corrected chi connectivity index (χ4v) is 3.60. The van der Waals surface area contributed by atoms with Gasteiger partial charge in [-0.15, -0.1) is 11.3 Å². The molecule has 1 aromatic heterocycles. The van der Waals surface area contributed by atoms with E-state index >= 15 is 0 Å². The van der Waals surface area contributed by atoms with Crippen LogP contribution in [0.1, 0.15) is 42.8 Å². The van der Waals surface area contributed by atoms with Gasteiger partial charge in [0.2, 0.25) is 0 Å². The summed E-state index contributed by atoms with van der Waals surface area (Å²) in [4.78, 5) is 1.43. The van der Waals surface area contributed by atoms with Gasteiger partial charge in [0.25, 0.3) is 0 Å². The van der Waals surface area contributed by atoms with Crippen LogP contribution in [0.5, 0.6) is 5.75 Å². The van der Waals surface area contributed by atoms with Crippen LogP contribution in [0.15, 0.2) is 35.7 Å². The molecular weight excluding hydrogens is 278 g/mol. The third kappa shape index (κ3) is 3.14. The second kappa shape index (κ2) is 5.82. The van der Waals surface area contributed by atoms with Crippen LogP contribution in [0.2, 0.25) is 0 Å². The maximum absolute atomic E-state index is 5.58. The van der Waals surface area contributed by atoms with Crippen LogP contribution in [-0.4, -0.2) is 13.2 Å². The molecule has 1 aromatic carbocycles. The lowest BCUT2D eigenvalue weighted by molar-refractivity contribution is 0.356. The molecule has 0 aliphatic carbocycles. The number of fused-ring (bicyclic) bond motifs is 1. The first kappa shape index (κ1) is 14.6. The van der Waals surface area contributed by atoms with Gasteiger partial charge in [0.1, 0.15) is 5.75 Å². The molecule has 0 fully saturated rings. The van der Waals surface area contributed by atoms with Crippen molar-refractivity contribution in [2.75, 3.05) is 13.2 Å². The maximum atomic E-state index is 5.58. The molecule has 21 heavy (non-hydrogen) atoms. The maximum Gasteiger partial charge on any atom is 0.122 e. The van der Waals surface area contributed by atoms with E-state index in [9.17, 15) is 0 Å². The average Bonchev–Trinajstić information content (AvgIpc) is 3.14. The fourth-order valence-electron chi connectivity index (χ4n) is 2.75. The summed E-state index contributed by atoms with van der Waals surface area (Å²) in [5, 5.41) is 5.84. The molecule has 2 aromatic rings. The van der Waals surface area contributed by atoms with Gasteiger partial charge in [0.15, 0.2) is 0 Å². The molecule has 1 atom stereocenters. The molecular formula is C18H23NOS. The first-order valence-electron chi connectivity index (χ1n) is 7.59. The molecule has 0 saturated carbocycles. The lowest BCUT2D eigenvalue weighted by atomic mass is 9.91. The Morgan fingerprint density at radius 3 is 2.95 bits per heavy atom. The highest BCUT2D eigenvalue weighted by Crippen LogP contribution is 2.30. The third-order valence-electron chi connectivity index (χ3n) is 4.25. The minimum absolute atomic E-state index is 0.169. The summed E-state index contributed by atoms with van der Waals surface area (Å²) in [5.41, 5.74) is 2.86. The van der Waals surface area contributed by atoms with Gasteiger partial charge in [-0.1, -0.05) is 32.0 Å². The van der Waals surface area contributed by atoms with Gasteiger partial charge in [0.05, 0.1) is 6.61 Å². The molecule has 2 heterocycles. The highest BCUT2D eigenvalue weighted by atomic mass is 32.1. The molecule has 3 rings (SSSR count). The number of rotatable bonds is 5. The van der Waals surface area contributed by atoms with Crippen molar-refractivity contribution in [3.63, 3.8) is 0 Å². The Balaban J connectivity index is 1.65. The predicted octanol–water partition coefficient (Wildman–Crippen LogP) is 4.31. The van der Waals surface area contributed by atoms with Crippen molar-refractivity contribution in [2.24, 2.45) is 0 Å². The van der Waals surface area contributed by atoms with E-state index in [0.29, 0.717) is 6.04 Å². The van der Waals surface area contributed by atoms with Crippen molar-refractivity contribution in [1.82, 2.24) is 5.32 Å². The Morgan fingerprint density at radius 2 is 2.19 bits per heavy atom. The normalized spacial score (nSPS) is 15.6. The van der Waals surface area contributed by atoms with Crippen LogP contribution in [0.4, 0.5) is 0 Å². The van der Waals surface area contributed by atoms with Crippen LogP contribution in [0.3, 0.4) is 0 Å². The SMILES string of the molecule is CC(NCC(C)(C)c1cccs1)c1ccc2c(c1)CCO2. The largest absolute Gasteiger partial charge is 0.493 e. The summed E-state index contributed by atoms with van der Waals surface area (Å²) in [6, 6.07) is 11.3. The van der Waals surface area contributed by atoms with E-state index < -0.39 is 0 Å². The molecule has 0 saturated heterocycles. The van der Waals surface area contributed by atoms with E-state index in [1.165, 1.54) is 16.0 Å². The molecule has 0 radical (unpaired) electrons. The summed E-state index contributed by atoms with van der Waals surface area (Å²) in [6.45, 7) is 8.64. The Kier molecular flexibility index (Phi) is 4.05. The first-order valence-corrected chi connectivity index (χ1v) is 8.47. The second-order valence-electron chi connectivity index (χ2n) is 6.43. The van der Waals surface area contributed by atoms with Crippen LogP contribution >= 0.6 is 11.3 Å². The van der Waals surface area contributed by atoms with Crippen LogP contribution in [0, 0.1) is 0 Å². The standard InChI is InChI=1S/C18H23NOS/c1-13(14-6-7-16-15(11-14)8-9-20-16)19-12-18(2,3)17-5-4-10-21-17/h4-7,10-11,13,19H,8-9,12H2,1-3H3. The lowest BCUT2D eigenvalue weighted by Crippen LogP contribution is -2.33. The molecule has 1 aliphatic rings. The van der Waals surface area contributed by atoms with Crippen molar-refractivity contribution in [3.05, 3.63) is 51.7 Å². The van der Waals surface area contributed by atoms with E-state index in [4.69, 9.17) is 4.74 Å². The lowest BCUT2D eigenvalue weighted by Gasteiger charge is -2.26. The topological polar surface area (TPSA) is 21.3 Å². The summed E-state index contributed by atoms with van der Waals surface area (Å²) in [5.74, 6) is 1.06. The zero-order valence-electron chi connectivity index (χ0n) is 13.0. The Morgan fingerprint density at radius 1 is 1.33 bits per heavy atom. The van der Waals surface area contributed by atoms with E-state index in [-0.39, 0.29) is 5.41 Å².